The normalized spacial score (nSPS) is 26.9. The zero-order chi connectivity index (χ0) is 14.9. The smallest absolute Gasteiger partial charge is 0.410 e. The lowest BCUT2D eigenvalue weighted by Gasteiger charge is -2.57. The molecule has 2 saturated heterocycles. The van der Waals surface area contributed by atoms with Crippen molar-refractivity contribution in [2.45, 2.75) is 37.8 Å². The number of carbonyl (C=O) groups is 2. The van der Waals surface area contributed by atoms with E-state index >= 15 is 0 Å². The van der Waals surface area contributed by atoms with Crippen LogP contribution in [0.2, 0.25) is 0 Å². The topological polar surface area (TPSA) is 66.8 Å². The van der Waals surface area contributed by atoms with Gasteiger partial charge in [-0.05, 0) is 30.7 Å². The van der Waals surface area contributed by atoms with E-state index in [0.717, 1.165) is 24.8 Å². The molecule has 1 aromatic rings. The van der Waals surface area contributed by atoms with Gasteiger partial charge in [0.2, 0.25) is 0 Å². The van der Waals surface area contributed by atoms with Crippen LogP contribution in [0.25, 0.3) is 0 Å². The standard InChI is InChI=1S/C16H19NO4/c18-14(19)10-16-8-13(9-16)6-7-17(16)15(20)21-11-12-4-2-1-3-5-12/h1-5,13H,6-11H2,(H,18,19). The number of carboxylic acids is 1. The highest BCUT2D eigenvalue weighted by Crippen LogP contribution is 2.51. The number of piperidine rings is 2. The number of hydrogen-bond donors (Lipinski definition) is 1. The van der Waals surface area contributed by atoms with Gasteiger partial charge in [-0.2, -0.15) is 0 Å². The second-order valence-electron chi connectivity index (χ2n) is 6.05. The van der Waals surface area contributed by atoms with Crippen LogP contribution in [0.4, 0.5) is 4.79 Å². The maximum Gasteiger partial charge on any atom is 0.410 e. The van der Waals surface area contributed by atoms with Crippen molar-refractivity contribution in [2.75, 3.05) is 6.54 Å². The van der Waals surface area contributed by atoms with Gasteiger partial charge in [-0.1, -0.05) is 30.3 Å². The molecular formula is C16H19NO4. The molecule has 5 nitrogen and oxygen atoms in total. The average Bonchev–Trinajstić information content (AvgIpc) is 2.44. The number of benzene rings is 1. The number of carbonyl (C=O) groups excluding carboxylic acids is 1. The predicted octanol–water partition coefficient (Wildman–Crippen LogP) is 2.65. The van der Waals surface area contributed by atoms with Crippen LogP contribution in [0, 0.1) is 5.92 Å². The highest BCUT2D eigenvalue weighted by Gasteiger charge is 2.55. The van der Waals surface area contributed by atoms with Crippen molar-refractivity contribution < 1.29 is 19.4 Å². The van der Waals surface area contributed by atoms with E-state index in [1.54, 1.807) is 4.90 Å². The van der Waals surface area contributed by atoms with Crippen molar-refractivity contribution in [2.24, 2.45) is 5.92 Å². The maximum atomic E-state index is 12.3. The number of amides is 1. The molecular weight excluding hydrogens is 270 g/mol. The molecule has 1 N–H and O–H groups in total. The fourth-order valence-corrected chi connectivity index (χ4v) is 3.59. The molecule has 1 saturated carbocycles. The van der Waals surface area contributed by atoms with E-state index in [1.165, 1.54) is 0 Å². The van der Waals surface area contributed by atoms with Gasteiger partial charge in [0, 0.05) is 6.54 Å². The number of hydrogen-bond acceptors (Lipinski definition) is 3. The first-order valence-corrected chi connectivity index (χ1v) is 7.29. The molecule has 0 spiro atoms. The molecule has 2 aliphatic heterocycles. The summed E-state index contributed by atoms with van der Waals surface area (Å²) in [6.07, 6.45) is 2.16. The Hall–Kier alpha value is -2.04. The van der Waals surface area contributed by atoms with Crippen LogP contribution < -0.4 is 0 Å². The minimum atomic E-state index is -0.851. The molecule has 3 fully saturated rings. The Labute approximate surface area is 123 Å². The lowest BCUT2D eigenvalue weighted by molar-refractivity contribution is -0.147. The molecule has 1 aromatic carbocycles. The first-order chi connectivity index (χ1) is 10.1. The summed E-state index contributed by atoms with van der Waals surface area (Å²) in [5, 5.41) is 9.08. The molecule has 5 heteroatoms. The van der Waals surface area contributed by atoms with Gasteiger partial charge in [0.05, 0.1) is 12.0 Å². The summed E-state index contributed by atoms with van der Waals surface area (Å²) in [6.45, 7) is 0.828. The summed E-state index contributed by atoms with van der Waals surface area (Å²) in [5.41, 5.74) is 0.421. The van der Waals surface area contributed by atoms with Crippen LogP contribution in [0.5, 0.6) is 0 Å². The number of ether oxygens (including phenoxy) is 1. The summed E-state index contributed by atoms with van der Waals surface area (Å²) in [4.78, 5) is 25.0. The molecule has 0 radical (unpaired) electrons. The SMILES string of the molecule is O=C(O)CC12CC(CCN1C(=O)OCc1ccccc1)C2. The van der Waals surface area contributed by atoms with E-state index < -0.39 is 17.6 Å². The largest absolute Gasteiger partial charge is 0.481 e. The van der Waals surface area contributed by atoms with Gasteiger partial charge in [-0.15, -0.1) is 0 Å². The zero-order valence-corrected chi connectivity index (χ0v) is 11.8. The molecule has 3 aliphatic rings. The van der Waals surface area contributed by atoms with E-state index in [9.17, 15) is 9.59 Å². The Bertz CT molecular complexity index is 536. The number of aliphatic carboxylic acids is 1. The van der Waals surface area contributed by atoms with Crippen molar-refractivity contribution >= 4 is 12.1 Å². The van der Waals surface area contributed by atoms with E-state index in [1.807, 2.05) is 30.3 Å². The second kappa shape index (κ2) is 5.39. The van der Waals surface area contributed by atoms with E-state index in [2.05, 4.69) is 0 Å². The van der Waals surface area contributed by atoms with Gasteiger partial charge < -0.3 is 14.7 Å². The van der Waals surface area contributed by atoms with Crippen molar-refractivity contribution in [3.63, 3.8) is 0 Å². The van der Waals surface area contributed by atoms with Crippen LogP contribution in [-0.4, -0.2) is 34.2 Å². The van der Waals surface area contributed by atoms with Gasteiger partial charge in [0.1, 0.15) is 6.61 Å². The Kier molecular flexibility index (Phi) is 3.57. The average molecular weight is 289 g/mol. The van der Waals surface area contributed by atoms with Crippen molar-refractivity contribution in [1.82, 2.24) is 4.90 Å². The van der Waals surface area contributed by atoms with Crippen molar-refractivity contribution in [1.29, 1.82) is 0 Å². The third-order valence-electron chi connectivity index (χ3n) is 4.58. The molecule has 4 rings (SSSR count). The molecule has 0 aromatic heterocycles. The van der Waals surface area contributed by atoms with Crippen molar-refractivity contribution in [3.8, 4) is 0 Å². The summed E-state index contributed by atoms with van der Waals surface area (Å²) in [6, 6.07) is 9.50. The predicted molar refractivity (Wildman–Crippen MR) is 75.7 cm³/mol. The quantitative estimate of drug-likeness (QED) is 0.925. The molecule has 1 aliphatic carbocycles. The van der Waals surface area contributed by atoms with Gasteiger partial charge in [0.15, 0.2) is 0 Å². The molecule has 0 atom stereocenters. The second-order valence-corrected chi connectivity index (χ2v) is 6.05. The zero-order valence-electron chi connectivity index (χ0n) is 11.8. The molecule has 1 amide bonds. The molecule has 2 heterocycles. The van der Waals surface area contributed by atoms with E-state index in [0.29, 0.717) is 12.5 Å². The third-order valence-corrected chi connectivity index (χ3v) is 4.58. The number of nitrogens with zero attached hydrogens (tertiary/aromatic N) is 1. The van der Waals surface area contributed by atoms with Crippen LogP contribution >= 0.6 is 0 Å². The van der Waals surface area contributed by atoms with Gasteiger partial charge in [0.25, 0.3) is 0 Å². The highest BCUT2D eigenvalue weighted by atomic mass is 16.6. The Morgan fingerprint density at radius 3 is 2.67 bits per heavy atom. The van der Waals surface area contributed by atoms with Crippen LogP contribution in [0.15, 0.2) is 30.3 Å². The summed E-state index contributed by atoms with van der Waals surface area (Å²) >= 11 is 0. The number of carboxylic acid groups (broad SMARTS) is 1. The van der Waals surface area contributed by atoms with Gasteiger partial charge in [-0.3, -0.25) is 4.79 Å². The Balaban J connectivity index is 1.64. The van der Waals surface area contributed by atoms with E-state index in [4.69, 9.17) is 9.84 Å². The van der Waals surface area contributed by atoms with Gasteiger partial charge >= 0.3 is 12.1 Å². The summed E-state index contributed by atoms with van der Waals surface area (Å²) in [7, 11) is 0. The fourth-order valence-electron chi connectivity index (χ4n) is 3.59. The van der Waals surface area contributed by atoms with Crippen LogP contribution in [-0.2, 0) is 16.1 Å². The highest BCUT2D eigenvalue weighted by molar-refractivity contribution is 5.73. The van der Waals surface area contributed by atoms with Crippen molar-refractivity contribution in [3.05, 3.63) is 35.9 Å². The van der Waals surface area contributed by atoms with Gasteiger partial charge in [-0.25, -0.2) is 4.79 Å². The van der Waals surface area contributed by atoms with Crippen LogP contribution in [0.1, 0.15) is 31.2 Å². The molecule has 2 bridgehead atoms. The summed E-state index contributed by atoms with van der Waals surface area (Å²) < 4.78 is 5.36. The van der Waals surface area contributed by atoms with Crippen LogP contribution in [0.3, 0.4) is 0 Å². The number of fused-ring (bicyclic) bond motifs is 2. The fraction of sp³-hybridized carbons (Fsp3) is 0.500. The first kappa shape index (κ1) is 13.9. The minimum Gasteiger partial charge on any atom is -0.481 e. The minimum absolute atomic E-state index is 0.0178. The Morgan fingerprint density at radius 2 is 2.00 bits per heavy atom. The molecule has 112 valence electrons. The lowest BCUT2D eigenvalue weighted by atomic mass is 9.61. The summed E-state index contributed by atoms with van der Waals surface area (Å²) in [5.74, 6) is -0.279. The first-order valence-electron chi connectivity index (χ1n) is 7.29. The Morgan fingerprint density at radius 1 is 1.29 bits per heavy atom. The monoisotopic (exact) mass is 289 g/mol. The van der Waals surface area contributed by atoms with E-state index in [-0.39, 0.29) is 13.0 Å². The number of rotatable bonds is 4. The lowest BCUT2D eigenvalue weighted by Crippen LogP contribution is -2.65. The third kappa shape index (κ3) is 2.73. The molecule has 0 unspecified atom stereocenters. The molecule has 21 heavy (non-hydrogen) atoms. The maximum absolute atomic E-state index is 12.3.